The van der Waals surface area contributed by atoms with Gasteiger partial charge in [0.1, 0.15) is 0 Å². The van der Waals surface area contributed by atoms with Gasteiger partial charge in [-0.3, -0.25) is 0 Å². The third-order valence-corrected chi connectivity index (χ3v) is 4.24. The summed E-state index contributed by atoms with van der Waals surface area (Å²) in [7, 11) is 0. The molecule has 88 valence electrons. The van der Waals surface area contributed by atoms with E-state index in [1.165, 1.54) is 5.56 Å². The van der Waals surface area contributed by atoms with Gasteiger partial charge in [-0.1, -0.05) is 41.9 Å². The van der Waals surface area contributed by atoms with Crippen molar-refractivity contribution < 1.29 is 0 Å². The average molecular weight is 264 g/mol. The molecule has 17 heavy (non-hydrogen) atoms. The normalized spacial score (nSPS) is 10.5. The molecule has 0 radical (unpaired) electrons. The smallest absolute Gasteiger partial charge is 0.0455 e. The van der Waals surface area contributed by atoms with Gasteiger partial charge in [0.2, 0.25) is 0 Å². The van der Waals surface area contributed by atoms with Crippen LogP contribution in [0.4, 0.5) is 5.69 Å². The van der Waals surface area contributed by atoms with Crippen molar-refractivity contribution in [3.8, 4) is 0 Å². The molecule has 0 fully saturated rings. The molecule has 0 saturated carbocycles. The maximum Gasteiger partial charge on any atom is 0.0455 e. The van der Waals surface area contributed by atoms with Crippen LogP contribution in [0.25, 0.3) is 0 Å². The van der Waals surface area contributed by atoms with E-state index < -0.39 is 0 Å². The molecule has 3 heteroatoms. The van der Waals surface area contributed by atoms with Crippen LogP contribution < -0.4 is 5.73 Å². The van der Waals surface area contributed by atoms with Crippen LogP contribution in [0.2, 0.25) is 5.02 Å². The summed E-state index contributed by atoms with van der Waals surface area (Å²) in [6, 6.07) is 13.9. The van der Waals surface area contributed by atoms with Gasteiger partial charge in [0, 0.05) is 21.4 Å². The third kappa shape index (κ3) is 2.96. The quantitative estimate of drug-likeness (QED) is 0.651. The summed E-state index contributed by atoms with van der Waals surface area (Å²) in [4.78, 5) is 1.15. The predicted octanol–water partition coefficient (Wildman–Crippen LogP) is 4.52. The van der Waals surface area contributed by atoms with E-state index in [1.807, 2.05) is 36.4 Å². The van der Waals surface area contributed by atoms with Crippen molar-refractivity contribution in [2.75, 3.05) is 5.73 Å². The zero-order chi connectivity index (χ0) is 12.3. The second-order valence-electron chi connectivity index (χ2n) is 3.87. The Balaban J connectivity index is 2.16. The zero-order valence-corrected chi connectivity index (χ0v) is 11.2. The number of rotatable bonds is 3. The van der Waals surface area contributed by atoms with Crippen LogP contribution in [-0.2, 0) is 5.75 Å². The Hall–Kier alpha value is -1.12. The van der Waals surface area contributed by atoms with Gasteiger partial charge in [0.05, 0.1) is 0 Å². The predicted molar refractivity (Wildman–Crippen MR) is 76.6 cm³/mol. The lowest BCUT2D eigenvalue weighted by Crippen LogP contribution is -1.91. The summed E-state index contributed by atoms with van der Waals surface area (Å²) >= 11 is 7.86. The highest BCUT2D eigenvalue weighted by atomic mass is 35.5. The summed E-state index contributed by atoms with van der Waals surface area (Å²) in [5.74, 6) is 0.842. The molecule has 0 unspecified atom stereocenters. The highest BCUT2D eigenvalue weighted by Crippen LogP contribution is 2.32. The molecule has 0 heterocycles. The molecule has 2 rings (SSSR count). The molecule has 0 bridgehead atoms. The van der Waals surface area contributed by atoms with Crippen LogP contribution in [0.15, 0.2) is 47.4 Å². The second kappa shape index (κ2) is 5.48. The number of hydrogen-bond donors (Lipinski definition) is 1. The molecule has 0 aromatic heterocycles. The van der Waals surface area contributed by atoms with Crippen LogP contribution in [0.5, 0.6) is 0 Å². The Morgan fingerprint density at radius 1 is 1.12 bits per heavy atom. The third-order valence-electron chi connectivity index (χ3n) is 2.57. The number of thioether (sulfide) groups is 1. The molecule has 2 aromatic rings. The number of benzene rings is 2. The summed E-state index contributed by atoms with van der Waals surface area (Å²) in [6.07, 6.45) is 0. The molecule has 2 aromatic carbocycles. The zero-order valence-electron chi connectivity index (χ0n) is 9.61. The topological polar surface area (TPSA) is 26.0 Å². The van der Waals surface area contributed by atoms with E-state index in [2.05, 4.69) is 13.0 Å². The SMILES string of the molecule is Cc1cccc(N)c1SCc1ccccc1Cl. The number of nitrogens with two attached hydrogens (primary N) is 1. The van der Waals surface area contributed by atoms with Gasteiger partial charge in [0.25, 0.3) is 0 Å². The van der Waals surface area contributed by atoms with E-state index in [9.17, 15) is 0 Å². The molecule has 0 aliphatic rings. The van der Waals surface area contributed by atoms with E-state index in [0.717, 1.165) is 26.9 Å². The Bertz CT molecular complexity index is 505. The van der Waals surface area contributed by atoms with Crippen molar-refractivity contribution in [3.63, 3.8) is 0 Å². The number of aryl methyl sites for hydroxylation is 1. The van der Waals surface area contributed by atoms with Crippen LogP contribution in [-0.4, -0.2) is 0 Å². The number of anilines is 1. The van der Waals surface area contributed by atoms with Crippen molar-refractivity contribution in [2.45, 2.75) is 17.6 Å². The summed E-state index contributed by atoms with van der Waals surface area (Å²) in [6.45, 7) is 2.07. The first-order valence-corrected chi connectivity index (χ1v) is 6.76. The first kappa shape index (κ1) is 12.3. The molecule has 0 spiro atoms. The molecule has 0 atom stereocenters. The molecule has 0 amide bonds. The monoisotopic (exact) mass is 263 g/mol. The first-order chi connectivity index (χ1) is 8.18. The van der Waals surface area contributed by atoms with E-state index in [0.29, 0.717) is 0 Å². The number of hydrogen-bond acceptors (Lipinski definition) is 2. The fourth-order valence-corrected chi connectivity index (χ4v) is 3.00. The van der Waals surface area contributed by atoms with Gasteiger partial charge in [-0.25, -0.2) is 0 Å². The van der Waals surface area contributed by atoms with Crippen molar-refractivity contribution in [2.24, 2.45) is 0 Å². The summed E-state index contributed by atoms with van der Waals surface area (Å²) in [5.41, 5.74) is 9.16. The molecule has 1 nitrogen and oxygen atoms in total. The van der Waals surface area contributed by atoms with E-state index in [-0.39, 0.29) is 0 Å². The fourth-order valence-electron chi connectivity index (χ4n) is 1.64. The van der Waals surface area contributed by atoms with E-state index in [1.54, 1.807) is 11.8 Å². The minimum Gasteiger partial charge on any atom is -0.398 e. The van der Waals surface area contributed by atoms with E-state index in [4.69, 9.17) is 17.3 Å². The van der Waals surface area contributed by atoms with Crippen LogP contribution >= 0.6 is 23.4 Å². The van der Waals surface area contributed by atoms with Crippen molar-refractivity contribution >= 4 is 29.1 Å². The second-order valence-corrected chi connectivity index (χ2v) is 5.27. The lowest BCUT2D eigenvalue weighted by molar-refractivity contribution is 1.29. The maximum atomic E-state index is 6.13. The standard InChI is InChI=1S/C14H14ClNS/c1-10-5-4-8-13(16)14(10)17-9-11-6-2-3-7-12(11)15/h2-8H,9,16H2,1H3. The molecule has 2 N–H and O–H groups in total. The van der Waals surface area contributed by atoms with Crippen molar-refractivity contribution in [1.29, 1.82) is 0 Å². The van der Waals surface area contributed by atoms with Crippen LogP contribution in [0.3, 0.4) is 0 Å². The van der Waals surface area contributed by atoms with E-state index >= 15 is 0 Å². The van der Waals surface area contributed by atoms with Gasteiger partial charge in [0.15, 0.2) is 0 Å². The van der Waals surface area contributed by atoms with Crippen molar-refractivity contribution in [3.05, 3.63) is 58.6 Å². The molecule has 0 aliphatic carbocycles. The highest BCUT2D eigenvalue weighted by molar-refractivity contribution is 7.98. The minimum absolute atomic E-state index is 0.812. The highest BCUT2D eigenvalue weighted by Gasteiger charge is 2.05. The van der Waals surface area contributed by atoms with Gasteiger partial charge < -0.3 is 5.73 Å². The largest absolute Gasteiger partial charge is 0.398 e. The molecule has 0 saturated heterocycles. The van der Waals surface area contributed by atoms with Gasteiger partial charge >= 0.3 is 0 Å². The Morgan fingerprint density at radius 3 is 2.59 bits per heavy atom. The fraction of sp³-hybridized carbons (Fsp3) is 0.143. The minimum atomic E-state index is 0.812. The van der Waals surface area contributed by atoms with Crippen LogP contribution in [0, 0.1) is 6.92 Å². The number of nitrogen functional groups attached to an aromatic ring is 1. The molecular weight excluding hydrogens is 250 g/mol. The lowest BCUT2D eigenvalue weighted by Gasteiger charge is -2.09. The Morgan fingerprint density at radius 2 is 1.88 bits per heavy atom. The average Bonchev–Trinajstić information content (AvgIpc) is 2.30. The van der Waals surface area contributed by atoms with Crippen LogP contribution in [0.1, 0.15) is 11.1 Å². The first-order valence-electron chi connectivity index (χ1n) is 5.40. The molecule has 0 aliphatic heterocycles. The summed E-state index contributed by atoms with van der Waals surface area (Å²) < 4.78 is 0. The number of halogens is 1. The maximum absolute atomic E-state index is 6.13. The van der Waals surface area contributed by atoms with Gasteiger partial charge in [-0.05, 0) is 30.2 Å². The molecular formula is C14H14ClNS. The Kier molecular flexibility index (Phi) is 3.97. The lowest BCUT2D eigenvalue weighted by atomic mass is 10.2. The van der Waals surface area contributed by atoms with Gasteiger partial charge in [-0.2, -0.15) is 0 Å². The van der Waals surface area contributed by atoms with Gasteiger partial charge in [-0.15, -0.1) is 11.8 Å². The summed E-state index contributed by atoms with van der Waals surface area (Å²) in [5, 5.41) is 0.812. The Labute approximate surface area is 111 Å². The van der Waals surface area contributed by atoms with Crippen molar-refractivity contribution in [1.82, 2.24) is 0 Å².